The van der Waals surface area contributed by atoms with E-state index < -0.39 is 28.3 Å². The summed E-state index contributed by atoms with van der Waals surface area (Å²) in [5.74, 6) is -2.20. The monoisotopic (exact) mass is 450 g/mol. The van der Waals surface area contributed by atoms with Crippen LogP contribution in [-0.4, -0.2) is 62.7 Å². The third kappa shape index (κ3) is 6.27. The Balaban J connectivity index is 0.000000537. The Kier molecular flexibility index (Phi) is 7.45. The minimum Gasteiger partial charge on any atom is -0.481 e. The number of rotatable bonds is 3. The SMILES string of the molecule is CC(=O)OCC1CC(=C2C(=O)N3C=CC(N)S[C@H]23)CCC1C(=O)O.O=S(=O)(O)O. The number of esters is 1. The first kappa shape index (κ1) is 23.3. The van der Waals surface area contributed by atoms with Gasteiger partial charge in [0.25, 0.3) is 5.91 Å². The molecule has 2 fully saturated rings. The average molecular weight is 450 g/mol. The molecule has 13 heteroatoms. The molecule has 0 aromatic carbocycles. The van der Waals surface area contributed by atoms with Crippen LogP contribution in [0.2, 0.25) is 0 Å². The summed E-state index contributed by atoms with van der Waals surface area (Å²) in [6, 6.07) is 0. The highest BCUT2D eigenvalue weighted by atomic mass is 32.3. The second-order valence-electron chi connectivity index (χ2n) is 6.72. The molecule has 3 unspecified atom stereocenters. The molecule has 1 aliphatic carbocycles. The molecule has 0 spiro atoms. The van der Waals surface area contributed by atoms with Crippen molar-refractivity contribution in [1.29, 1.82) is 0 Å². The molecule has 11 nitrogen and oxygen atoms in total. The van der Waals surface area contributed by atoms with Gasteiger partial charge in [0, 0.05) is 24.6 Å². The summed E-state index contributed by atoms with van der Waals surface area (Å²) < 4.78 is 36.6. The maximum absolute atomic E-state index is 12.4. The van der Waals surface area contributed by atoms with Gasteiger partial charge in [0.1, 0.15) is 5.37 Å². The summed E-state index contributed by atoms with van der Waals surface area (Å²) >= 11 is 1.50. The second-order valence-corrected chi connectivity index (χ2v) is 8.88. The van der Waals surface area contributed by atoms with Crippen LogP contribution in [0.25, 0.3) is 0 Å². The van der Waals surface area contributed by atoms with Crippen molar-refractivity contribution in [3.8, 4) is 0 Å². The molecule has 4 atom stereocenters. The number of carbonyl (C=O) groups is 3. The van der Waals surface area contributed by atoms with Crippen molar-refractivity contribution in [3.05, 3.63) is 23.4 Å². The van der Waals surface area contributed by atoms with Gasteiger partial charge in [-0.05, 0) is 25.3 Å². The Labute approximate surface area is 171 Å². The number of carboxylic acid groups (broad SMARTS) is 1. The van der Waals surface area contributed by atoms with E-state index in [4.69, 9.17) is 28.0 Å². The van der Waals surface area contributed by atoms with Gasteiger partial charge < -0.3 is 15.6 Å². The molecule has 162 valence electrons. The molecule has 2 heterocycles. The van der Waals surface area contributed by atoms with Crippen molar-refractivity contribution in [2.45, 2.75) is 36.9 Å². The number of β-lactam (4-membered cyclic amide) rings is 1. The molecular formula is C16H22N2O9S2. The van der Waals surface area contributed by atoms with E-state index in [-0.39, 0.29) is 29.2 Å². The first-order valence-electron chi connectivity index (χ1n) is 8.58. The van der Waals surface area contributed by atoms with Crippen molar-refractivity contribution >= 4 is 40.0 Å². The Morgan fingerprint density at radius 2 is 2.00 bits per heavy atom. The quantitative estimate of drug-likeness (QED) is 0.202. The Hall–Kier alpha value is -1.93. The number of carboxylic acids is 1. The van der Waals surface area contributed by atoms with Crippen LogP contribution in [0.5, 0.6) is 0 Å². The Bertz CT molecular complexity index is 844. The van der Waals surface area contributed by atoms with E-state index in [1.54, 1.807) is 17.2 Å². The maximum Gasteiger partial charge on any atom is 0.394 e. The molecule has 0 bridgehead atoms. The standard InChI is InChI=1S/C16H20N2O5S.H2O4S/c1-8(19)23-7-10-6-9(2-3-11(10)16(21)22)13-14(20)18-5-4-12(17)24-15(13)18;1-5(2,3)4/h4-5,10-12,15H,2-3,6-7,17H2,1H3,(H,21,22);(H2,1,2,3,4)/t10?,11?,12?,15-;/m1./s1. The first-order chi connectivity index (χ1) is 13.4. The molecule has 3 rings (SSSR count). The summed E-state index contributed by atoms with van der Waals surface area (Å²) in [7, 11) is -4.67. The van der Waals surface area contributed by atoms with Gasteiger partial charge in [-0.15, -0.1) is 11.8 Å². The lowest BCUT2D eigenvalue weighted by molar-refractivity contribution is -0.150. The molecule has 0 aromatic heterocycles. The van der Waals surface area contributed by atoms with Crippen molar-refractivity contribution in [2.24, 2.45) is 17.6 Å². The second kappa shape index (κ2) is 9.26. The van der Waals surface area contributed by atoms with E-state index in [9.17, 15) is 19.5 Å². The van der Waals surface area contributed by atoms with Gasteiger partial charge in [-0.1, -0.05) is 5.57 Å². The summed E-state index contributed by atoms with van der Waals surface area (Å²) in [5.41, 5.74) is 7.63. The number of nitrogens with two attached hydrogens (primary N) is 1. The third-order valence-electron chi connectivity index (χ3n) is 4.72. The summed E-state index contributed by atoms with van der Waals surface area (Å²) in [6.45, 7) is 1.37. The van der Waals surface area contributed by atoms with E-state index in [1.165, 1.54) is 18.7 Å². The molecular weight excluding hydrogens is 428 g/mol. The van der Waals surface area contributed by atoms with Crippen molar-refractivity contribution in [1.82, 2.24) is 4.90 Å². The predicted molar refractivity (Wildman–Crippen MR) is 102 cm³/mol. The lowest BCUT2D eigenvalue weighted by atomic mass is 9.75. The molecule has 1 saturated carbocycles. The fraction of sp³-hybridized carbons (Fsp3) is 0.562. The van der Waals surface area contributed by atoms with Crippen LogP contribution < -0.4 is 5.73 Å². The maximum atomic E-state index is 12.4. The largest absolute Gasteiger partial charge is 0.481 e. The van der Waals surface area contributed by atoms with E-state index in [1.807, 2.05) is 0 Å². The van der Waals surface area contributed by atoms with E-state index in [2.05, 4.69) is 0 Å². The lowest BCUT2D eigenvalue weighted by Gasteiger charge is -2.45. The molecule has 2 aliphatic heterocycles. The van der Waals surface area contributed by atoms with Crippen LogP contribution in [0.3, 0.4) is 0 Å². The summed E-state index contributed by atoms with van der Waals surface area (Å²) in [4.78, 5) is 36.5. The fourth-order valence-electron chi connectivity index (χ4n) is 3.50. The molecule has 0 aromatic rings. The topological polar surface area (TPSA) is 185 Å². The van der Waals surface area contributed by atoms with Gasteiger partial charge in [-0.25, -0.2) is 0 Å². The van der Waals surface area contributed by atoms with Gasteiger partial charge in [-0.2, -0.15) is 8.42 Å². The lowest BCUT2D eigenvalue weighted by Crippen LogP contribution is -2.54. The number of ether oxygens (including phenoxy) is 1. The van der Waals surface area contributed by atoms with Gasteiger partial charge in [0.2, 0.25) is 0 Å². The van der Waals surface area contributed by atoms with E-state index >= 15 is 0 Å². The molecule has 1 amide bonds. The number of allylic oxidation sites excluding steroid dienone is 1. The number of thioether (sulfide) groups is 1. The first-order valence-corrected chi connectivity index (χ1v) is 10.9. The highest BCUT2D eigenvalue weighted by molar-refractivity contribution is 8.01. The van der Waals surface area contributed by atoms with Crippen LogP contribution >= 0.6 is 11.8 Å². The van der Waals surface area contributed by atoms with Crippen molar-refractivity contribution in [3.63, 3.8) is 0 Å². The normalized spacial score (nSPS) is 31.2. The Morgan fingerprint density at radius 3 is 2.55 bits per heavy atom. The van der Waals surface area contributed by atoms with Crippen LogP contribution in [-0.2, 0) is 29.5 Å². The number of fused-ring (bicyclic) bond motifs is 1. The van der Waals surface area contributed by atoms with Crippen LogP contribution in [0.4, 0.5) is 0 Å². The molecule has 0 radical (unpaired) electrons. The van der Waals surface area contributed by atoms with Crippen LogP contribution in [0.1, 0.15) is 26.2 Å². The van der Waals surface area contributed by atoms with Gasteiger partial charge in [0.05, 0.1) is 17.9 Å². The predicted octanol–water partition coefficient (Wildman–Crippen LogP) is 0.408. The number of hydrogen-bond acceptors (Lipinski definition) is 8. The number of nitrogens with zero attached hydrogens (tertiary/aromatic N) is 1. The highest BCUT2D eigenvalue weighted by Crippen LogP contribution is 2.45. The number of aliphatic carboxylic acids is 1. The van der Waals surface area contributed by atoms with E-state index in [0.717, 1.165) is 11.1 Å². The summed E-state index contributed by atoms with van der Waals surface area (Å²) in [6.07, 6.45) is 5.00. The van der Waals surface area contributed by atoms with Gasteiger partial charge in [-0.3, -0.25) is 28.4 Å². The van der Waals surface area contributed by atoms with Gasteiger partial charge >= 0.3 is 22.3 Å². The number of amides is 1. The van der Waals surface area contributed by atoms with Crippen LogP contribution in [0.15, 0.2) is 23.4 Å². The zero-order valence-corrected chi connectivity index (χ0v) is 17.1. The zero-order valence-electron chi connectivity index (χ0n) is 15.4. The fourth-order valence-corrected chi connectivity index (χ4v) is 4.66. The Morgan fingerprint density at radius 1 is 1.38 bits per heavy atom. The average Bonchev–Trinajstić information content (AvgIpc) is 2.58. The molecule has 1 saturated heterocycles. The molecule has 3 aliphatic rings. The number of carbonyl (C=O) groups excluding carboxylic acids is 2. The van der Waals surface area contributed by atoms with Crippen LogP contribution in [0, 0.1) is 11.8 Å². The van der Waals surface area contributed by atoms with Gasteiger partial charge in [0.15, 0.2) is 0 Å². The minimum atomic E-state index is -4.67. The molecule has 5 N–H and O–H groups in total. The zero-order chi connectivity index (χ0) is 21.9. The highest BCUT2D eigenvalue weighted by Gasteiger charge is 2.47. The minimum absolute atomic E-state index is 0.0364. The summed E-state index contributed by atoms with van der Waals surface area (Å²) in [5, 5.41) is 9.15. The smallest absolute Gasteiger partial charge is 0.394 e. The molecule has 29 heavy (non-hydrogen) atoms. The van der Waals surface area contributed by atoms with Crippen molar-refractivity contribution < 1.29 is 41.8 Å². The van der Waals surface area contributed by atoms with E-state index in [0.29, 0.717) is 19.3 Å². The number of hydrogen-bond donors (Lipinski definition) is 4. The third-order valence-corrected chi connectivity index (χ3v) is 5.91. The van der Waals surface area contributed by atoms with Crippen molar-refractivity contribution in [2.75, 3.05) is 6.61 Å².